The lowest BCUT2D eigenvalue weighted by Gasteiger charge is -2.09. The van der Waals surface area contributed by atoms with Crippen LogP contribution in [0.15, 0.2) is 30.9 Å². The minimum Gasteiger partial charge on any atom is -0.381 e. The van der Waals surface area contributed by atoms with Gasteiger partial charge in [0.25, 0.3) is 5.91 Å². The van der Waals surface area contributed by atoms with E-state index in [0.717, 1.165) is 5.69 Å². The van der Waals surface area contributed by atoms with Crippen molar-refractivity contribution in [2.75, 3.05) is 18.9 Å². The first-order chi connectivity index (χ1) is 7.19. The zero-order valence-corrected chi connectivity index (χ0v) is 9.27. The van der Waals surface area contributed by atoms with Crippen LogP contribution in [0.4, 0.5) is 5.69 Å². The number of hydrogen-bond acceptors (Lipinski definition) is 2. The van der Waals surface area contributed by atoms with Gasteiger partial charge < -0.3 is 10.6 Å². The van der Waals surface area contributed by atoms with Gasteiger partial charge in [0.1, 0.15) is 0 Å². The molecular formula is C11H13ClN2O. The molecule has 0 saturated carbocycles. The lowest BCUT2D eigenvalue weighted by molar-refractivity contribution is 0.0964. The molecule has 0 radical (unpaired) electrons. The van der Waals surface area contributed by atoms with Crippen molar-refractivity contribution < 1.29 is 4.79 Å². The van der Waals surface area contributed by atoms with Crippen molar-refractivity contribution in [1.82, 2.24) is 5.32 Å². The highest BCUT2D eigenvalue weighted by Crippen LogP contribution is 2.20. The molecule has 1 rings (SSSR count). The molecule has 0 saturated heterocycles. The van der Waals surface area contributed by atoms with Crippen molar-refractivity contribution in [2.45, 2.75) is 0 Å². The predicted molar refractivity (Wildman–Crippen MR) is 63.5 cm³/mol. The number of benzene rings is 1. The highest BCUT2D eigenvalue weighted by Gasteiger charge is 2.09. The first kappa shape index (κ1) is 11.6. The fourth-order valence-corrected chi connectivity index (χ4v) is 1.35. The van der Waals surface area contributed by atoms with Gasteiger partial charge in [0, 0.05) is 24.3 Å². The second-order valence-electron chi connectivity index (χ2n) is 2.94. The van der Waals surface area contributed by atoms with Crippen LogP contribution in [0.3, 0.4) is 0 Å². The number of halogens is 1. The number of anilines is 1. The number of rotatable bonds is 4. The summed E-state index contributed by atoms with van der Waals surface area (Å²) >= 11 is 5.82. The van der Waals surface area contributed by atoms with Crippen LogP contribution in [-0.4, -0.2) is 19.5 Å². The third-order valence-corrected chi connectivity index (χ3v) is 2.13. The lowest BCUT2D eigenvalue weighted by Crippen LogP contribution is -2.19. The maximum absolute atomic E-state index is 11.5. The van der Waals surface area contributed by atoms with Crippen LogP contribution in [0.2, 0.25) is 5.02 Å². The van der Waals surface area contributed by atoms with Crippen molar-refractivity contribution in [3.05, 3.63) is 41.4 Å². The van der Waals surface area contributed by atoms with E-state index in [1.165, 1.54) is 0 Å². The van der Waals surface area contributed by atoms with Crippen molar-refractivity contribution >= 4 is 23.2 Å². The monoisotopic (exact) mass is 224 g/mol. The molecule has 0 unspecified atom stereocenters. The Labute approximate surface area is 94.1 Å². The number of hydrogen-bond donors (Lipinski definition) is 2. The highest BCUT2D eigenvalue weighted by molar-refractivity contribution is 6.31. The second kappa shape index (κ2) is 5.41. The minimum atomic E-state index is -0.163. The largest absolute Gasteiger partial charge is 0.381 e. The molecular weight excluding hydrogens is 212 g/mol. The van der Waals surface area contributed by atoms with E-state index in [1.54, 1.807) is 31.3 Å². The van der Waals surface area contributed by atoms with Crippen molar-refractivity contribution in [2.24, 2.45) is 0 Å². The van der Waals surface area contributed by atoms with E-state index >= 15 is 0 Å². The first-order valence-corrected chi connectivity index (χ1v) is 4.93. The Balaban J connectivity index is 3.02. The Bertz CT molecular complexity index is 377. The molecule has 4 heteroatoms. The Morgan fingerprint density at radius 1 is 1.60 bits per heavy atom. The molecule has 0 aromatic heterocycles. The summed E-state index contributed by atoms with van der Waals surface area (Å²) < 4.78 is 0. The van der Waals surface area contributed by atoms with Crippen LogP contribution >= 0.6 is 11.6 Å². The Kier molecular flexibility index (Phi) is 4.18. The summed E-state index contributed by atoms with van der Waals surface area (Å²) in [6, 6.07) is 5.14. The van der Waals surface area contributed by atoms with Gasteiger partial charge in [-0.15, -0.1) is 6.58 Å². The van der Waals surface area contributed by atoms with Gasteiger partial charge in [0.05, 0.1) is 5.56 Å². The average Bonchev–Trinajstić information content (AvgIpc) is 2.26. The first-order valence-electron chi connectivity index (χ1n) is 4.55. The fraction of sp³-hybridized carbons (Fsp3) is 0.182. The van der Waals surface area contributed by atoms with Crippen LogP contribution < -0.4 is 10.6 Å². The molecule has 0 atom stereocenters. The van der Waals surface area contributed by atoms with Gasteiger partial charge in [-0.25, -0.2) is 0 Å². The highest BCUT2D eigenvalue weighted by atomic mass is 35.5. The Morgan fingerprint density at radius 2 is 2.33 bits per heavy atom. The molecule has 0 bridgehead atoms. The number of carbonyl (C=O) groups is 1. The van der Waals surface area contributed by atoms with Gasteiger partial charge in [0.15, 0.2) is 0 Å². The molecule has 15 heavy (non-hydrogen) atoms. The molecule has 0 heterocycles. The summed E-state index contributed by atoms with van der Waals surface area (Å²) in [5, 5.41) is 6.17. The fourth-order valence-electron chi connectivity index (χ4n) is 1.18. The molecule has 1 amide bonds. The van der Waals surface area contributed by atoms with Crippen LogP contribution in [0.5, 0.6) is 0 Å². The predicted octanol–water partition coefficient (Wildman–Crippen LogP) is 2.30. The number of amides is 1. The zero-order chi connectivity index (χ0) is 11.3. The van der Waals surface area contributed by atoms with E-state index in [1.807, 2.05) is 0 Å². The minimum absolute atomic E-state index is 0.163. The van der Waals surface area contributed by atoms with Gasteiger partial charge in [-0.3, -0.25) is 4.79 Å². The van der Waals surface area contributed by atoms with Gasteiger partial charge in [0.2, 0.25) is 0 Å². The summed E-state index contributed by atoms with van der Waals surface area (Å²) in [7, 11) is 1.58. The summed E-state index contributed by atoms with van der Waals surface area (Å²) in [5.74, 6) is -0.163. The Hall–Kier alpha value is -1.48. The standard InChI is InChI=1S/C11H13ClN2O/c1-3-6-14-10-5-4-8(12)7-9(10)11(15)13-2/h3-5,7,14H,1,6H2,2H3,(H,13,15). The second-order valence-corrected chi connectivity index (χ2v) is 3.38. The van der Waals surface area contributed by atoms with Gasteiger partial charge in [-0.2, -0.15) is 0 Å². The van der Waals surface area contributed by atoms with Crippen LogP contribution in [0.1, 0.15) is 10.4 Å². The number of carbonyl (C=O) groups excluding carboxylic acids is 1. The third-order valence-electron chi connectivity index (χ3n) is 1.89. The Morgan fingerprint density at radius 3 is 2.93 bits per heavy atom. The van der Waals surface area contributed by atoms with Crippen LogP contribution in [0, 0.1) is 0 Å². The maximum Gasteiger partial charge on any atom is 0.253 e. The molecule has 0 spiro atoms. The van der Waals surface area contributed by atoms with Gasteiger partial charge in [-0.05, 0) is 18.2 Å². The summed E-state index contributed by atoms with van der Waals surface area (Å²) in [5.41, 5.74) is 1.28. The molecule has 0 aliphatic heterocycles. The van der Waals surface area contributed by atoms with Gasteiger partial charge >= 0.3 is 0 Å². The smallest absolute Gasteiger partial charge is 0.253 e. The molecule has 2 N–H and O–H groups in total. The number of nitrogens with one attached hydrogen (secondary N) is 2. The van der Waals surface area contributed by atoms with E-state index in [-0.39, 0.29) is 5.91 Å². The summed E-state index contributed by atoms with van der Waals surface area (Å²) in [6.45, 7) is 4.20. The van der Waals surface area contributed by atoms with Crippen molar-refractivity contribution in [3.63, 3.8) is 0 Å². The summed E-state index contributed by atoms with van der Waals surface area (Å²) in [4.78, 5) is 11.5. The molecule has 0 fully saturated rings. The van der Waals surface area contributed by atoms with E-state index in [0.29, 0.717) is 17.1 Å². The molecule has 0 aliphatic carbocycles. The molecule has 1 aromatic carbocycles. The topological polar surface area (TPSA) is 41.1 Å². The van der Waals surface area contributed by atoms with E-state index in [2.05, 4.69) is 17.2 Å². The normalized spacial score (nSPS) is 9.47. The van der Waals surface area contributed by atoms with Crippen molar-refractivity contribution in [3.8, 4) is 0 Å². The SMILES string of the molecule is C=CCNc1ccc(Cl)cc1C(=O)NC. The quantitative estimate of drug-likeness (QED) is 0.771. The van der Waals surface area contributed by atoms with E-state index < -0.39 is 0 Å². The molecule has 1 aromatic rings. The van der Waals surface area contributed by atoms with Crippen LogP contribution in [-0.2, 0) is 0 Å². The van der Waals surface area contributed by atoms with Crippen molar-refractivity contribution in [1.29, 1.82) is 0 Å². The molecule has 3 nitrogen and oxygen atoms in total. The lowest BCUT2D eigenvalue weighted by atomic mass is 10.1. The van der Waals surface area contributed by atoms with E-state index in [4.69, 9.17) is 11.6 Å². The third kappa shape index (κ3) is 2.99. The average molecular weight is 225 g/mol. The maximum atomic E-state index is 11.5. The van der Waals surface area contributed by atoms with Gasteiger partial charge in [-0.1, -0.05) is 17.7 Å². The zero-order valence-electron chi connectivity index (χ0n) is 8.51. The van der Waals surface area contributed by atoms with Crippen LogP contribution in [0.25, 0.3) is 0 Å². The van der Waals surface area contributed by atoms with E-state index in [9.17, 15) is 4.79 Å². The molecule has 80 valence electrons. The molecule has 0 aliphatic rings. The summed E-state index contributed by atoms with van der Waals surface area (Å²) in [6.07, 6.45) is 1.72.